The Hall–Kier alpha value is -0.720. The van der Waals surface area contributed by atoms with Crippen LogP contribution in [0.25, 0.3) is 0 Å². The monoisotopic (exact) mass is 292 g/mol. The SMILES string of the molecule is O=S(=O)(c1ncccc1F)N1CCCC(CCl)C1. The van der Waals surface area contributed by atoms with E-state index >= 15 is 0 Å². The van der Waals surface area contributed by atoms with Gasteiger partial charge < -0.3 is 0 Å². The minimum absolute atomic E-state index is 0.127. The number of aromatic nitrogens is 1. The van der Waals surface area contributed by atoms with Gasteiger partial charge in [-0.25, -0.2) is 17.8 Å². The number of sulfonamides is 1. The van der Waals surface area contributed by atoms with Gasteiger partial charge in [0.1, 0.15) is 0 Å². The van der Waals surface area contributed by atoms with Crippen LogP contribution in [-0.2, 0) is 10.0 Å². The van der Waals surface area contributed by atoms with Crippen LogP contribution in [-0.4, -0.2) is 36.7 Å². The lowest BCUT2D eigenvalue weighted by Crippen LogP contribution is -2.41. The average Bonchev–Trinajstić information content (AvgIpc) is 2.39. The van der Waals surface area contributed by atoms with Gasteiger partial charge in [0.2, 0.25) is 5.03 Å². The Morgan fingerprint density at radius 3 is 3.00 bits per heavy atom. The first kappa shape index (κ1) is 13.7. The van der Waals surface area contributed by atoms with Crippen molar-refractivity contribution in [3.05, 3.63) is 24.1 Å². The van der Waals surface area contributed by atoms with Crippen LogP contribution in [0.1, 0.15) is 12.8 Å². The van der Waals surface area contributed by atoms with E-state index in [0.717, 1.165) is 18.9 Å². The lowest BCUT2D eigenvalue weighted by molar-refractivity contribution is 0.282. The van der Waals surface area contributed by atoms with Gasteiger partial charge in [0.25, 0.3) is 10.0 Å². The number of alkyl halides is 1. The first-order valence-corrected chi connectivity index (χ1v) is 7.70. The Bertz CT molecular complexity index is 524. The van der Waals surface area contributed by atoms with Gasteiger partial charge in [0, 0.05) is 25.2 Å². The molecule has 1 fully saturated rings. The van der Waals surface area contributed by atoms with E-state index in [9.17, 15) is 12.8 Å². The van der Waals surface area contributed by atoms with E-state index in [4.69, 9.17) is 11.6 Å². The first-order chi connectivity index (χ1) is 8.55. The highest BCUT2D eigenvalue weighted by Gasteiger charge is 2.32. The maximum absolute atomic E-state index is 13.5. The number of nitrogens with zero attached hydrogens (tertiary/aromatic N) is 2. The molecule has 1 atom stereocenters. The lowest BCUT2D eigenvalue weighted by Gasteiger charge is -2.30. The number of rotatable bonds is 3. The molecule has 1 aromatic heterocycles. The Morgan fingerprint density at radius 2 is 2.33 bits per heavy atom. The average molecular weight is 293 g/mol. The number of piperidine rings is 1. The van der Waals surface area contributed by atoms with Gasteiger partial charge in [-0.05, 0) is 30.9 Å². The molecule has 0 amide bonds. The summed E-state index contributed by atoms with van der Waals surface area (Å²) >= 11 is 5.76. The number of hydrogen-bond acceptors (Lipinski definition) is 3. The molecule has 0 N–H and O–H groups in total. The summed E-state index contributed by atoms with van der Waals surface area (Å²) in [6.45, 7) is 0.730. The topological polar surface area (TPSA) is 50.3 Å². The van der Waals surface area contributed by atoms with E-state index in [-0.39, 0.29) is 5.92 Å². The molecule has 1 unspecified atom stereocenters. The molecule has 0 radical (unpaired) electrons. The minimum Gasteiger partial charge on any atom is -0.241 e. The predicted octanol–water partition coefficient (Wildman–Crippen LogP) is 1.86. The first-order valence-electron chi connectivity index (χ1n) is 5.72. The van der Waals surface area contributed by atoms with Crippen LogP contribution in [0.15, 0.2) is 23.4 Å². The van der Waals surface area contributed by atoms with Crippen molar-refractivity contribution in [3.8, 4) is 0 Å². The van der Waals surface area contributed by atoms with E-state index in [1.807, 2.05) is 0 Å². The van der Waals surface area contributed by atoms with Gasteiger partial charge in [-0.3, -0.25) is 0 Å². The molecular weight excluding hydrogens is 279 g/mol. The van der Waals surface area contributed by atoms with Crippen molar-refractivity contribution in [3.63, 3.8) is 0 Å². The zero-order valence-corrected chi connectivity index (χ0v) is 11.3. The third-order valence-corrected chi connectivity index (χ3v) is 5.25. The Labute approximate surface area is 111 Å². The zero-order valence-electron chi connectivity index (χ0n) is 9.72. The number of pyridine rings is 1. The summed E-state index contributed by atoms with van der Waals surface area (Å²) in [4.78, 5) is 3.64. The van der Waals surface area contributed by atoms with E-state index in [0.29, 0.717) is 19.0 Å². The molecule has 1 aliphatic heterocycles. The van der Waals surface area contributed by atoms with Crippen LogP contribution in [0.4, 0.5) is 4.39 Å². The number of hydrogen-bond donors (Lipinski definition) is 0. The van der Waals surface area contributed by atoms with Gasteiger partial charge >= 0.3 is 0 Å². The second kappa shape index (κ2) is 5.50. The maximum atomic E-state index is 13.5. The summed E-state index contributed by atoms with van der Waals surface area (Å²) in [6, 6.07) is 2.47. The fourth-order valence-corrected chi connectivity index (χ4v) is 3.84. The molecule has 2 heterocycles. The van der Waals surface area contributed by atoms with E-state index in [1.54, 1.807) is 0 Å². The highest BCUT2D eigenvalue weighted by molar-refractivity contribution is 7.89. The van der Waals surface area contributed by atoms with Crippen LogP contribution in [0.3, 0.4) is 0 Å². The molecule has 2 rings (SSSR count). The maximum Gasteiger partial charge on any atom is 0.263 e. The summed E-state index contributed by atoms with van der Waals surface area (Å²) in [5.41, 5.74) is 0. The fraction of sp³-hybridized carbons (Fsp3) is 0.545. The van der Waals surface area contributed by atoms with Gasteiger partial charge in [-0.15, -0.1) is 11.6 Å². The van der Waals surface area contributed by atoms with Crippen LogP contribution >= 0.6 is 11.6 Å². The Balaban J connectivity index is 2.29. The summed E-state index contributed by atoms with van der Waals surface area (Å²) in [5.74, 6) is -0.274. The highest BCUT2D eigenvalue weighted by atomic mass is 35.5. The minimum atomic E-state index is -3.85. The smallest absolute Gasteiger partial charge is 0.241 e. The molecule has 1 saturated heterocycles. The molecule has 0 aromatic carbocycles. The number of halogens is 2. The van der Waals surface area contributed by atoms with Gasteiger partial charge in [0.15, 0.2) is 5.82 Å². The van der Waals surface area contributed by atoms with E-state index in [1.165, 1.54) is 16.6 Å². The molecule has 1 aliphatic rings. The highest BCUT2D eigenvalue weighted by Crippen LogP contribution is 2.24. The summed E-state index contributed by atoms with van der Waals surface area (Å²) < 4.78 is 39.3. The van der Waals surface area contributed by atoms with Crippen LogP contribution in [0, 0.1) is 11.7 Å². The molecule has 0 spiro atoms. The van der Waals surface area contributed by atoms with Crippen molar-refractivity contribution in [1.29, 1.82) is 0 Å². The van der Waals surface area contributed by atoms with Gasteiger partial charge in [0.05, 0.1) is 0 Å². The molecule has 0 aliphatic carbocycles. The lowest BCUT2D eigenvalue weighted by atomic mass is 10.0. The van der Waals surface area contributed by atoms with Crippen molar-refractivity contribution in [2.24, 2.45) is 5.92 Å². The predicted molar refractivity (Wildman–Crippen MR) is 66.4 cm³/mol. The standard InChI is InChI=1S/C11H14ClFN2O2S/c12-7-9-3-2-6-15(8-9)18(16,17)11-10(13)4-1-5-14-11/h1,4-5,9H,2-3,6-8H2. The molecule has 100 valence electrons. The van der Waals surface area contributed by atoms with Gasteiger partial charge in [-0.1, -0.05) is 0 Å². The fourth-order valence-electron chi connectivity index (χ4n) is 2.05. The molecule has 0 bridgehead atoms. The van der Waals surface area contributed by atoms with Crippen LogP contribution < -0.4 is 0 Å². The Morgan fingerprint density at radius 1 is 1.56 bits per heavy atom. The van der Waals surface area contributed by atoms with Crippen molar-refractivity contribution in [2.45, 2.75) is 17.9 Å². The summed E-state index contributed by atoms with van der Waals surface area (Å²) in [7, 11) is -3.85. The van der Waals surface area contributed by atoms with Crippen molar-refractivity contribution in [1.82, 2.24) is 9.29 Å². The molecule has 18 heavy (non-hydrogen) atoms. The van der Waals surface area contributed by atoms with E-state index in [2.05, 4.69) is 4.98 Å². The quantitative estimate of drug-likeness (QED) is 0.799. The Kier molecular flexibility index (Phi) is 4.19. The van der Waals surface area contributed by atoms with Crippen molar-refractivity contribution < 1.29 is 12.8 Å². The molecule has 0 saturated carbocycles. The largest absolute Gasteiger partial charge is 0.263 e. The zero-order chi connectivity index (χ0) is 13.2. The molecule has 7 heteroatoms. The third-order valence-electron chi connectivity index (χ3n) is 3.01. The normalized spacial score (nSPS) is 22.0. The summed E-state index contributed by atoms with van der Waals surface area (Å²) in [6.07, 6.45) is 2.92. The van der Waals surface area contributed by atoms with Crippen LogP contribution in [0.5, 0.6) is 0 Å². The second-order valence-electron chi connectivity index (χ2n) is 4.32. The van der Waals surface area contributed by atoms with Crippen molar-refractivity contribution >= 4 is 21.6 Å². The molecular formula is C11H14ClFN2O2S. The van der Waals surface area contributed by atoms with E-state index < -0.39 is 20.9 Å². The summed E-state index contributed by atoms with van der Waals surface area (Å²) in [5, 5.41) is -0.500. The molecule has 4 nitrogen and oxygen atoms in total. The van der Waals surface area contributed by atoms with Crippen LogP contribution in [0.2, 0.25) is 0 Å². The van der Waals surface area contributed by atoms with Gasteiger partial charge in [-0.2, -0.15) is 4.31 Å². The van der Waals surface area contributed by atoms with Crippen molar-refractivity contribution in [2.75, 3.05) is 19.0 Å². The molecule has 1 aromatic rings. The second-order valence-corrected chi connectivity index (χ2v) is 6.48. The third kappa shape index (κ3) is 2.65.